The molecule has 0 spiro atoms. The van der Waals surface area contributed by atoms with Gasteiger partial charge in [0.25, 0.3) is 0 Å². The zero-order chi connectivity index (χ0) is 12.4. The van der Waals surface area contributed by atoms with Crippen LogP contribution in [-0.4, -0.2) is 22.0 Å². The van der Waals surface area contributed by atoms with Crippen molar-refractivity contribution in [2.24, 2.45) is 12.8 Å². The van der Waals surface area contributed by atoms with Crippen molar-refractivity contribution in [3.05, 3.63) is 30.1 Å². The maximum absolute atomic E-state index is 11.2. The number of carbonyl (C=O) groups is 1. The molecule has 106 valence electrons. The predicted octanol–water partition coefficient (Wildman–Crippen LogP) is 1.55. The van der Waals surface area contributed by atoms with Gasteiger partial charge in [-0.2, -0.15) is 0 Å². The lowest BCUT2D eigenvalue weighted by atomic mass is 10.3. The Balaban J connectivity index is 0.00000162. The summed E-state index contributed by atoms with van der Waals surface area (Å²) in [5.74, 6) is 0.651. The number of nitrogens with zero attached hydrogens (tertiary/aromatic N) is 2. The normalized spacial score (nSPS) is 11.3. The van der Waals surface area contributed by atoms with Gasteiger partial charge in [0.2, 0.25) is 5.91 Å². The Morgan fingerprint density at radius 3 is 2.63 bits per heavy atom. The predicted molar refractivity (Wildman–Crippen MR) is 80.8 cm³/mol. The van der Waals surface area contributed by atoms with E-state index in [9.17, 15) is 4.79 Å². The summed E-state index contributed by atoms with van der Waals surface area (Å²) in [6.45, 7) is 1.89. The van der Waals surface area contributed by atoms with E-state index >= 15 is 0 Å². The number of amides is 1. The molecule has 0 aliphatic carbocycles. The molecule has 0 saturated carbocycles. The average Bonchev–Trinajstić information content (AvgIpc) is 2.67. The van der Waals surface area contributed by atoms with Crippen molar-refractivity contribution in [3.8, 4) is 0 Å². The molecule has 19 heavy (non-hydrogen) atoms. The standard InChI is InChI=1S/C12H16N4O.2ClH/c1-8(14-11(17)7-13)12-15-9-5-3-4-6-10(9)16(12)2;;/h3-6,8H,7,13H2,1-2H3,(H,14,17);2*1H. The molecule has 5 nitrogen and oxygen atoms in total. The van der Waals surface area contributed by atoms with Crippen LogP contribution in [0.4, 0.5) is 0 Å². The van der Waals surface area contributed by atoms with Crippen LogP contribution < -0.4 is 11.1 Å². The summed E-state index contributed by atoms with van der Waals surface area (Å²) >= 11 is 0. The highest BCUT2D eigenvalue weighted by Gasteiger charge is 2.15. The monoisotopic (exact) mass is 304 g/mol. The Hall–Kier alpha value is -1.30. The maximum Gasteiger partial charge on any atom is 0.234 e. The molecule has 1 aromatic heterocycles. The summed E-state index contributed by atoms with van der Waals surface area (Å²) in [6, 6.07) is 7.72. The smallest absolute Gasteiger partial charge is 0.234 e. The Morgan fingerprint density at radius 1 is 1.42 bits per heavy atom. The van der Waals surface area contributed by atoms with E-state index in [4.69, 9.17) is 5.73 Å². The van der Waals surface area contributed by atoms with Crippen molar-refractivity contribution in [1.29, 1.82) is 0 Å². The van der Waals surface area contributed by atoms with Gasteiger partial charge in [0, 0.05) is 7.05 Å². The Labute approximate surface area is 124 Å². The molecular formula is C12H18Cl2N4O. The van der Waals surface area contributed by atoms with Crippen molar-refractivity contribution in [3.63, 3.8) is 0 Å². The number of para-hydroxylation sites is 2. The van der Waals surface area contributed by atoms with Gasteiger partial charge in [-0.15, -0.1) is 24.8 Å². The minimum atomic E-state index is -0.176. The largest absolute Gasteiger partial charge is 0.345 e. The van der Waals surface area contributed by atoms with Gasteiger partial charge in [-0.1, -0.05) is 12.1 Å². The van der Waals surface area contributed by atoms with Gasteiger partial charge in [-0.25, -0.2) is 4.98 Å². The molecule has 0 aliphatic rings. The van der Waals surface area contributed by atoms with Crippen molar-refractivity contribution in [2.45, 2.75) is 13.0 Å². The Morgan fingerprint density at radius 2 is 2.05 bits per heavy atom. The van der Waals surface area contributed by atoms with E-state index in [2.05, 4.69) is 10.3 Å². The molecule has 2 aromatic rings. The first kappa shape index (κ1) is 17.7. The highest BCUT2D eigenvalue weighted by molar-refractivity contribution is 5.85. The number of nitrogens with one attached hydrogen (secondary N) is 1. The number of rotatable bonds is 3. The highest BCUT2D eigenvalue weighted by atomic mass is 35.5. The molecule has 1 atom stereocenters. The van der Waals surface area contributed by atoms with Crippen LogP contribution in [0.5, 0.6) is 0 Å². The third-order valence-corrected chi connectivity index (χ3v) is 2.77. The molecule has 7 heteroatoms. The molecule has 0 saturated heterocycles. The first-order valence-electron chi connectivity index (χ1n) is 5.54. The number of imidazole rings is 1. The lowest BCUT2D eigenvalue weighted by molar-refractivity contribution is -0.120. The topological polar surface area (TPSA) is 72.9 Å². The van der Waals surface area contributed by atoms with Gasteiger partial charge in [-0.05, 0) is 19.1 Å². The SMILES string of the molecule is CC(NC(=O)CN)c1nc2ccccc2n1C.Cl.Cl. The third-order valence-electron chi connectivity index (χ3n) is 2.77. The van der Waals surface area contributed by atoms with Crippen molar-refractivity contribution < 1.29 is 4.79 Å². The number of carbonyl (C=O) groups excluding carboxylic acids is 1. The molecule has 0 fully saturated rings. The number of hydrogen-bond acceptors (Lipinski definition) is 3. The van der Waals surface area contributed by atoms with Gasteiger partial charge >= 0.3 is 0 Å². The molecule has 3 N–H and O–H groups in total. The number of aryl methyl sites for hydroxylation is 1. The number of aromatic nitrogens is 2. The van der Waals surface area contributed by atoms with E-state index in [-0.39, 0.29) is 43.3 Å². The quantitative estimate of drug-likeness (QED) is 0.903. The second kappa shape index (κ2) is 7.33. The molecule has 0 aliphatic heterocycles. The fourth-order valence-electron chi connectivity index (χ4n) is 1.92. The highest BCUT2D eigenvalue weighted by Crippen LogP contribution is 2.18. The van der Waals surface area contributed by atoms with Crippen molar-refractivity contribution >= 4 is 41.8 Å². The molecule has 0 bridgehead atoms. The first-order chi connectivity index (χ1) is 8.13. The Bertz CT molecular complexity index is 556. The van der Waals surface area contributed by atoms with Crippen LogP contribution in [0.1, 0.15) is 18.8 Å². The molecule has 2 rings (SSSR count). The zero-order valence-corrected chi connectivity index (χ0v) is 12.4. The maximum atomic E-state index is 11.2. The summed E-state index contributed by atoms with van der Waals surface area (Å²) in [5, 5.41) is 2.80. The molecule has 1 heterocycles. The molecule has 1 unspecified atom stereocenters. The number of benzene rings is 1. The van der Waals surface area contributed by atoms with Crippen LogP contribution in [0.2, 0.25) is 0 Å². The number of hydrogen-bond donors (Lipinski definition) is 2. The van der Waals surface area contributed by atoms with E-state index in [0.29, 0.717) is 0 Å². The van der Waals surface area contributed by atoms with E-state index in [1.165, 1.54) is 0 Å². The second-order valence-corrected chi connectivity index (χ2v) is 4.01. The molecule has 1 aromatic carbocycles. The second-order valence-electron chi connectivity index (χ2n) is 4.01. The van der Waals surface area contributed by atoms with Crippen molar-refractivity contribution in [2.75, 3.05) is 6.54 Å². The minimum absolute atomic E-state index is 0. The lowest BCUT2D eigenvalue weighted by Crippen LogP contribution is -2.33. The van der Waals surface area contributed by atoms with E-state index in [1.54, 1.807) is 0 Å². The van der Waals surface area contributed by atoms with Crippen LogP contribution in [0, 0.1) is 0 Å². The lowest BCUT2D eigenvalue weighted by Gasteiger charge is -2.12. The van der Waals surface area contributed by atoms with Gasteiger partial charge in [0.1, 0.15) is 5.82 Å². The summed E-state index contributed by atoms with van der Waals surface area (Å²) in [5.41, 5.74) is 7.25. The zero-order valence-electron chi connectivity index (χ0n) is 10.8. The molecular weight excluding hydrogens is 287 g/mol. The third kappa shape index (κ3) is 3.59. The first-order valence-corrected chi connectivity index (χ1v) is 5.54. The van der Waals surface area contributed by atoms with Gasteiger partial charge in [0.05, 0.1) is 23.6 Å². The van der Waals surface area contributed by atoms with Crippen molar-refractivity contribution in [1.82, 2.24) is 14.9 Å². The van der Waals surface area contributed by atoms with Gasteiger partial charge < -0.3 is 15.6 Å². The Kier molecular flexibility index (Phi) is 6.83. The summed E-state index contributed by atoms with van der Waals surface area (Å²) in [7, 11) is 1.94. The summed E-state index contributed by atoms with van der Waals surface area (Å²) < 4.78 is 1.98. The average molecular weight is 305 g/mol. The molecule has 1 amide bonds. The fraction of sp³-hybridized carbons (Fsp3) is 0.333. The fourth-order valence-corrected chi connectivity index (χ4v) is 1.92. The van der Waals surface area contributed by atoms with Gasteiger partial charge in [-0.3, -0.25) is 4.79 Å². The van der Waals surface area contributed by atoms with E-state index < -0.39 is 0 Å². The van der Waals surface area contributed by atoms with Crippen LogP contribution >= 0.6 is 24.8 Å². The van der Waals surface area contributed by atoms with Crippen LogP contribution in [0.25, 0.3) is 11.0 Å². The number of nitrogens with two attached hydrogens (primary N) is 1. The summed E-state index contributed by atoms with van der Waals surface area (Å²) in [4.78, 5) is 15.8. The van der Waals surface area contributed by atoms with Crippen LogP contribution in [-0.2, 0) is 11.8 Å². The van der Waals surface area contributed by atoms with Crippen LogP contribution in [0.15, 0.2) is 24.3 Å². The van der Waals surface area contributed by atoms with Crippen LogP contribution in [0.3, 0.4) is 0 Å². The number of fused-ring (bicyclic) bond motifs is 1. The minimum Gasteiger partial charge on any atom is -0.345 e. The van der Waals surface area contributed by atoms with E-state index in [1.807, 2.05) is 42.8 Å². The van der Waals surface area contributed by atoms with Gasteiger partial charge in [0.15, 0.2) is 0 Å². The summed E-state index contributed by atoms with van der Waals surface area (Å²) in [6.07, 6.45) is 0. The molecule has 0 radical (unpaired) electrons. The number of halogens is 2. The van der Waals surface area contributed by atoms with E-state index in [0.717, 1.165) is 16.9 Å².